The van der Waals surface area contributed by atoms with Crippen molar-refractivity contribution in [3.63, 3.8) is 0 Å². The average Bonchev–Trinajstić information content (AvgIpc) is 3.21. The van der Waals surface area contributed by atoms with E-state index in [4.69, 9.17) is 5.10 Å². The van der Waals surface area contributed by atoms with Crippen LogP contribution in [0.15, 0.2) is 12.1 Å². The summed E-state index contributed by atoms with van der Waals surface area (Å²) < 4.78 is 1.83. The van der Waals surface area contributed by atoms with Crippen molar-refractivity contribution >= 4 is 17.5 Å². The van der Waals surface area contributed by atoms with E-state index in [1.807, 2.05) is 28.6 Å². The second kappa shape index (κ2) is 6.65. The lowest BCUT2D eigenvalue weighted by Crippen LogP contribution is -2.62. The molecule has 2 aromatic rings. The number of urea groups is 1. The summed E-state index contributed by atoms with van der Waals surface area (Å²) in [6, 6.07) is 4.54. The zero-order chi connectivity index (χ0) is 19.2. The van der Waals surface area contributed by atoms with E-state index < -0.39 is 0 Å². The number of amides is 2. The lowest BCUT2D eigenvalue weighted by Gasteiger charge is -2.44. The molecule has 3 heterocycles. The molecule has 2 aromatic heterocycles. The molecule has 0 aromatic carbocycles. The largest absolute Gasteiger partial charge is 0.351 e. The van der Waals surface area contributed by atoms with E-state index in [2.05, 4.69) is 41.2 Å². The predicted octanol–water partition coefficient (Wildman–Crippen LogP) is 2.19. The zero-order valence-corrected chi connectivity index (χ0v) is 16.6. The minimum Gasteiger partial charge on any atom is -0.351 e. The second-order valence-electron chi connectivity index (χ2n) is 8.84. The molecule has 27 heavy (non-hydrogen) atoms. The molecule has 2 aliphatic rings. The molecule has 1 saturated carbocycles. The second-order valence-corrected chi connectivity index (χ2v) is 8.84. The molecule has 0 atom stereocenters. The molecule has 8 heteroatoms. The summed E-state index contributed by atoms with van der Waals surface area (Å²) in [6.45, 7) is 7.90. The van der Waals surface area contributed by atoms with E-state index in [-0.39, 0.29) is 17.5 Å². The van der Waals surface area contributed by atoms with Gasteiger partial charge in [-0.2, -0.15) is 4.52 Å². The molecular formula is C19H29N7O. The van der Waals surface area contributed by atoms with Crippen LogP contribution >= 0.6 is 0 Å². The molecule has 0 spiro atoms. The van der Waals surface area contributed by atoms with Crippen molar-refractivity contribution in [3.8, 4) is 0 Å². The van der Waals surface area contributed by atoms with Gasteiger partial charge in [-0.1, -0.05) is 33.6 Å². The standard InChI is InChI=1S/C19H29N7O/c1-19(2,3)17-22-21-15-9-10-16(23-26(15)17)25-11-14(12-25)24(4)18(27)20-13-7-5-6-8-13/h9-10,13-14H,5-8,11-12H2,1-4H3,(H,20,27). The first-order chi connectivity index (χ1) is 12.8. The van der Waals surface area contributed by atoms with Crippen LogP contribution in [-0.2, 0) is 5.41 Å². The van der Waals surface area contributed by atoms with Crippen LogP contribution in [0.5, 0.6) is 0 Å². The first-order valence-electron chi connectivity index (χ1n) is 9.84. The van der Waals surface area contributed by atoms with Crippen molar-refractivity contribution in [1.29, 1.82) is 0 Å². The Balaban J connectivity index is 1.40. The fourth-order valence-electron chi connectivity index (χ4n) is 3.82. The molecule has 1 N–H and O–H groups in total. The number of nitrogens with zero attached hydrogens (tertiary/aromatic N) is 6. The van der Waals surface area contributed by atoms with Crippen LogP contribution in [0.3, 0.4) is 0 Å². The molecule has 1 aliphatic heterocycles. The smallest absolute Gasteiger partial charge is 0.317 e. The van der Waals surface area contributed by atoms with Crippen LogP contribution in [0.1, 0.15) is 52.3 Å². The highest BCUT2D eigenvalue weighted by Crippen LogP contribution is 2.25. The summed E-state index contributed by atoms with van der Waals surface area (Å²) in [4.78, 5) is 16.5. The van der Waals surface area contributed by atoms with Gasteiger partial charge in [-0.25, -0.2) is 4.79 Å². The Hall–Kier alpha value is -2.38. The molecule has 4 rings (SSSR count). The SMILES string of the molecule is CN(C(=O)NC1CCCC1)C1CN(c2ccc3nnc(C(C)(C)C)n3n2)C1. The quantitative estimate of drug-likeness (QED) is 0.895. The molecule has 0 unspecified atom stereocenters. The summed E-state index contributed by atoms with van der Waals surface area (Å²) in [5.41, 5.74) is 0.634. The fourth-order valence-corrected chi connectivity index (χ4v) is 3.82. The molecule has 0 bridgehead atoms. The van der Waals surface area contributed by atoms with Crippen LogP contribution in [-0.4, -0.2) is 63.0 Å². The monoisotopic (exact) mass is 371 g/mol. The van der Waals surface area contributed by atoms with Crippen LogP contribution in [0.2, 0.25) is 0 Å². The van der Waals surface area contributed by atoms with Crippen molar-refractivity contribution in [1.82, 2.24) is 30.0 Å². The van der Waals surface area contributed by atoms with E-state index in [9.17, 15) is 4.79 Å². The van der Waals surface area contributed by atoms with E-state index in [0.717, 1.165) is 43.2 Å². The third-order valence-corrected chi connectivity index (χ3v) is 5.66. The third-order valence-electron chi connectivity index (χ3n) is 5.66. The van der Waals surface area contributed by atoms with Gasteiger partial charge in [-0.05, 0) is 25.0 Å². The zero-order valence-electron chi connectivity index (χ0n) is 16.6. The number of rotatable bonds is 3. The van der Waals surface area contributed by atoms with Gasteiger partial charge in [-0.15, -0.1) is 15.3 Å². The summed E-state index contributed by atoms with van der Waals surface area (Å²) in [7, 11) is 1.89. The van der Waals surface area contributed by atoms with Gasteiger partial charge >= 0.3 is 6.03 Å². The summed E-state index contributed by atoms with van der Waals surface area (Å²) in [6.07, 6.45) is 4.66. The molecular weight excluding hydrogens is 342 g/mol. The lowest BCUT2D eigenvalue weighted by atomic mass is 9.96. The van der Waals surface area contributed by atoms with Gasteiger partial charge in [-0.3, -0.25) is 0 Å². The Morgan fingerprint density at radius 2 is 1.89 bits per heavy atom. The lowest BCUT2D eigenvalue weighted by molar-refractivity contribution is 0.175. The molecule has 2 fully saturated rings. The summed E-state index contributed by atoms with van der Waals surface area (Å²) in [5.74, 6) is 1.75. The molecule has 8 nitrogen and oxygen atoms in total. The number of fused-ring (bicyclic) bond motifs is 1. The first-order valence-corrected chi connectivity index (χ1v) is 9.84. The Labute approximate surface area is 159 Å². The van der Waals surface area contributed by atoms with Crippen molar-refractivity contribution in [2.75, 3.05) is 25.0 Å². The third kappa shape index (κ3) is 3.44. The molecule has 0 radical (unpaired) electrons. The number of likely N-dealkylation sites (N-methyl/N-ethyl adjacent to an activating group) is 1. The highest BCUT2D eigenvalue weighted by atomic mass is 16.2. The minimum atomic E-state index is -0.124. The maximum atomic E-state index is 12.4. The van der Waals surface area contributed by atoms with Gasteiger partial charge in [0.1, 0.15) is 5.82 Å². The number of nitrogens with one attached hydrogen (secondary N) is 1. The molecule has 1 saturated heterocycles. The average molecular weight is 371 g/mol. The van der Waals surface area contributed by atoms with Gasteiger partial charge in [0, 0.05) is 31.6 Å². The number of hydrogen-bond acceptors (Lipinski definition) is 5. The van der Waals surface area contributed by atoms with E-state index in [0.29, 0.717) is 6.04 Å². The van der Waals surface area contributed by atoms with Crippen LogP contribution in [0, 0.1) is 0 Å². The minimum absolute atomic E-state index is 0.0452. The summed E-state index contributed by atoms with van der Waals surface area (Å²) >= 11 is 0. The van der Waals surface area contributed by atoms with Crippen LogP contribution in [0.4, 0.5) is 10.6 Å². The Bertz CT molecular complexity index is 828. The number of anilines is 1. The maximum Gasteiger partial charge on any atom is 0.317 e. The Kier molecular flexibility index (Phi) is 4.44. The number of hydrogen-bond donors (Lipinski definition) is 1. The van der Waals surface area contributed by atoms with Gasteiger partial charge in [0.05, 0.1) is 6.04 Å². The van der Waals surface area contributed by atoms with Crippen LogP contribution < -0.4 is 10.2 Å². The predicted molar refractivity (Wildman–Crippen MR) is 104 cm³/mol. The van der Waals surface area contributed by atoms with Crippen molar-refractivity contribution < 1.29 is 4.79 Å². The number of aromatic nitrogens is 4. The van der Waals surface area contributed by atoms with E-state index in [1.54, 1.807) is 0 Å². The van der Waals surface area contributed by atoms with Crippen molar-refractivity contribution in [2.45, 2.75) is 64.0 Å². The van der Waals surface area contributed by atoms with Gasteiger partial charge in [0.15, 0.2) is 11.5 Å². The molecule has 146 valence electrons. The highest BCUT2D eigenvalue weighted by molar-refractivity contribution is 5.75. The summed E-state index contributed by atoms with van der Waals surface area (Å²) in [5, 5.41) is 16.4. The topological polar surface area (TPSA) is 78.7 Å². The number of carbonyl (C=O) groups excluding carboxylic acids is 1. The number of carbonyl (C=O) groups is 1. The Morgan fingerprint density at radius 3 is 2.56 bits per heavy atom. The molecule has 1 aliphatic carbocycles. The fraction of sp³-hybridized carbons (Fsp3) is 0.684. The van der Waals surface area contributed by atoms with E-state index >= 15 is 0 Å². The van der Waals surface area contributed by atoms with Gasteiger partial charge < -0.3 is 15.1 Å². The van der Waals surface area contributed by atoms with Crippen molar-refractivity contribution in [3.05, 3.63) is 18.0 Å². The molecule has 2 amide bonds. The first kappa shape index (κ1) is 18.0. The van der Waals surface area contributed by atoms with Gasteiger partial charge in [0.25, 0.3) is 0 Å². The Morgan fingerprint density at radius 1 is 1.19 bits per heavy atom. The normalized spacial score (nSPS) is 18.7. The van der Waals surface area contributed by atoms with Crippen LogP contribution in [0.25, 0.3) is 5.65 Å². The maximum absolute atomic E-state index is 12.4. The highest BCUT2D eigenvalue weighted by Gasteiger charge is 2.34. The van der Waals surface area contributed by atoms with Gasteiger partial charge in [0.2, 0.25) is 0 Å². The van der Waals surface area contributed by atoms with E-state index in [1.165, 1.54) is 12.8 Å². The van der Waals surface area contributed by atoms with Crippen molar-refractivity contribution in [2.24, 2.45) is 0 Å².